The number of aliphatic hydroxyl groups is 2. The summed E-state index contributed by atoms with van der Waals surface area (Å²) >= 11 is 1.69. The predicted molar refractivity (Wildman–Crippen MR) is 80.1 cm³/mol. The Labute approximate surface area is 119 Å². The molecule has 1 aromatic heterocycles. The molecule has 0 saturated heterocycles. The molecule has 19 heavy (non-hydrogen) atoms. The van der Waals surface area contributed by atoms with Crippen LogP contribution < -0.4 is 0 Å². The van der Waals surface area contributed by atoms with Gasteiger partial charge >= 0.3 is 0 Å². The molecule has 0 aliphatic heterocycles. The fourth-order valence-electron chi connectivity index (χ4n) is 1.80. The molecule has 0 radical (unpaired) electrons. The minimum atomic E-state index is -0.670. The van der Waals surface area contributed by atoms with Crippen molar-refractivity contribution in [1.82, 2.24) is 4.90 Å². The third-order valence-electron chi connectivity index (χ3n) is 2.56. The second kappa shape index (κ2) is 7.66. The number of likely N-dealkylation sites (N-methyl/N-ethyl adjacent to an activating group) is 1. The highest BCUT2D eigenvalue weighted by atomic mass is 32.1. The highest BCUT2D eigenvalue weighted by Crippen LogP contribution is 2.17. The van der Waals surface area contributed by atoms with Gasteiger partial charge in [-0.25, -0.2) is 0 Å². The van der Waals surface area contributed by atoms with Crippen molar-refractivity contribution < 1.29 is 10.2 Å². The fourth-order valence-corrected chi connectivity index (χ4v) is 2.65. The van der Waals surface area contributed by atoms with Crippen molar-refractivity contribution in [2.75, 3.05) is 19.7 Å². The molecule has 1 heterocycles. The van der Waals surface area contributed by atoms with Gasteiger partial charge in [0.15, 0.2) is 0 Å². The SMILES string of the molecule is CCN(Cc1cc(C#CCCO)cs1)CC(C)(C)O. The van der Waals surface area contributed by atoms with Gasteiger partial charge in [-0.05, 0) is 26.5 Å². The molecule has 0 unspecified atom stereocenters. The minimum absolute atomic E-state index is 0.110. The van der Waals surface area contributed by atoms with Crippen LogP contribution >= 0.6 is 11.3 Å². The van der Waals surface area contributed by atoms with Gasteiger partial charge in [-0.2, -0.15) is 0 Å². The minimum Gasteiger partial charge on any atom is -0.395 e. The molecule has 0 bridgehead atoms. The van der Waals surface area contributed by atoms with Gasteiger partial charge in [-0.3, -0.25) is 4.90 Å². The highest BCUT2D eigenvalue weighted by Gasteiger charge is 2.17. The zero-order chi connectivity index (χ0) is 14.3. The smallest absolute Gasteiger partial charge is 0.0718 e. The van der Waals surface area contributed by atoms with Crippen LogP contribution in [-0.2, 0) is 6.54 Å². The number of rotatable bonds is 6. The Bertz CT molecular complexity index is 437. The Morgan fingerprint density at radius 2 is 2.16 bits per heavy atom. The lowest BCUT2D eigenvalue weighted by atomic mass is 10.1. The van der Waals surface area contributed by atoms with Crippen molar-refractivity contribution >= 4 is 11.3 Å². The molecule has 0 aliphatic rings. The third-order valence-corrected chi connectivity index (χ3v) is 3.48. The van der Waals surface area contributed by atoms with Crippen LogP contribution in [0, 0.1) is 11.8 Å². The van der Waals surface area contributed by atoms with Crippen LogP contribution in [0.4, 0.5) is 0 Å². The van der Waals surface area contributed by atoms with E-state index in [0.717, 1.165) is 18.7 Å². The molecule has 106 valence electrons. The zero-order valence-corrected chi connectivity index (χ0v) is 12.8. The normalized spacial score (nSPS) is 11.5. The topological polar surface area (TPSA) is 43.7 Å². The lowest BCUT2D eigenvalue weighted by molar-refractivity contribution is 0.0356. The molecule has 0 saturated carbocycles. The fraction of sp³-hybridized carbons (Fsp3) is 0.600. The first-order valence-electron chi connectivity index (χ1n) is 6.56. The molecule has 1 rings (SSSR count). The van der Waals surface area contributed by atoms with Gasteiger partial charge in [0.2, 0.25) is 0 Å². The Morgan fingerprint density at radius 3 is 2.74 bits per heavy atom. The van der Waals surface area contributed by atoms with Crippen LogP contribution in [0.25, 0.3) is 0 Å². The second-order valence-electron chi connectivity index (χ2n) is 5.19. The zero-order valence-electron chi connectivity index (χ0n) is 11.9. The molecule has 0 atom stereocenters. The number of hydrogen-bond donors (Lipinski definition) is 2. The third kappa shape index (κ3) is 6.74. The summed E-state index contributed by atoms with van der Waals surface area (Å²) in [6, 6.07) is 2.09. The summed E-state index contributed by atoms with van der Waals surface area (Å²) in [7, 11) is 0. The maximum absolute atomic E-state index is 9.86. The van der Waals surface area contributed by atoms with Gasteiger partial charge in [-0.15, -0.1) is 11.3 Å². The summed E-state index contributed by atoms with van der Waals surface area (Å²) in [5.74, 6) is 5.96. The Kier molecular flexibility index (Phi) is 6.53. The summed E-state index contributed by atoms with van der Waals surface area (Å²) in [6.07, 6.45) is 0.519. The van der Waals surface area contributed by atoms with E-state index in [-0.39, 0.29) is 6.61 Å². The molecule has 0 amide bonds. The number of thiophene rings is 1. The molecular weight excluding hydrogens is 258 g/mol. The number of hydrogen-bond acceptors (Lipinski definition) is 4. The van der Waals surface area contributed by atoms with Crippen LogP contribution in [-0.4, -0.2) is 40.4 Å². The van der Waals surface area contributed by atoms with Crippen LogP contribution in [0.15, 0.2) is 11.4 Å². The van der Waals surface area contributed by atoms with Crippen molar-refractivity contribution in [2.24, 2.45) is 0 Å². The van der Waals surface area contributed by atoms with Gasteiger partial charge in [0, 0.05) is 35.3 Å². The lowest BCUT2D eigenvalue weighted by Crippen LogP contribution is -2.37. The molecular formula is C15H23NO2S. The maximum atomic E-state index is 9.86. The van der Waals surface area contributed by atoms with Crippen molar-refractivity contribution in [3.63, 3.8) is 0 Å². The molecule has 0 aromatic carbocycles. The van der Waals surface area contributed by atoms with E-state index in [9.17, 15) is 5.11 Å². The van der Waals surface area contributed by atoms with E-state index in [1.54, 1.807) is 11.3 Å². The molecule has 4 heteroatoms. The van der Waals surface area contributed by atoms with Crippen LogP contribution in [0.5, 0.6) is 0 Å². The molecule has 0 aliphatic carbocycles. The van der Waals surface area contributed by atoms with E-state index in [1.165, 1.54) is 4.88 Å². The lowest BCUT2D eigenvalue weighted by Gasteiger charge is -2.27. The summed E-state index contributed by atoms with van der Waals surface area (Å²) in [5, 5.41) is 20.6. The van der Waals surface area contributed by atoms with E-state index in [4.69, 9.17) is 5.11 Å². The number of nitrogens with zero attached hydrogens (tertiary/aromatic N) is 1. The molecule has 1 aromatic rings. The van der Waals surface area contributed by atoms with Crippen LogP contribution in [0.1, 0.15) is 37.6 Å². The van der Waals surface area contributed by atoms with Gasteiger partial charge < -0.3 is 10.2 Å². The second-order valence-corrected chi connectivity index (χ2v) is 6.19. The standard InChI is InChI=1S/C15H23NO2S/c1-4-16(12-15(2,3)18)10-14-9-13(11-19-14)7-5-6-8-17/h9,11,17-18H,4,6,8,10,12H2,1-3H3. The van der Waals surface area contributed by atoms with E-state index in [2.05, 4.69) is 29.7 Å². The Morgan fingerprint density at radius 1 is 1.42 bits per heavy atom. The van der Waals surface area contributed by atoms with Crippen LogP contribution in [0.2, 0.25) is 0 Å². The summed E-state index contributed by atoms with van der Waals surface area (Å²) in [6.45, 7) is 8.28. The first kappa shape index (κ1) is 16.2. The summed E-state index contributed by atoms with van der Waals surface area (Å²) in [5.41, 5.74) is 0.338. The molecule has 3 nitrogen and oxygen atoms in total. The molecule has 0 spiro atoms. The van der Waals surface area contributed by atoms with E-state index < -0.39 is 5.60 Å². The van der Waals surface area contributed by atoms with Crippen molar-refractivity contribution in [2.45, 2.75) is 39.3 Å². The largest absolute Gasteiger partial charge is 0.395 e. The number of aliphatic hydroxyl groups excluding tert-OH is 1. The van der Waals surface area contributed by atoms with Gasteiger partial charge in [0.25, 0.3) is 0 Å². The van der Waals surface area contributed by atoms with Crippen LogP contribution in [0.3, 0.4) is 0 Å². The first-order valence-corrected chi connectivity index (χ1v) is 7.44. The van der Waals surface area contributed by atoms with Gasteiger partial charge in [0.05, 0.1) is 12.2 Å². The van der Waals surface area contributed by atoms with E-state index in [0.29, 0.717) is 13.0 Å². The van der Waals surface area contributed by atoms with Crippen molar-refractivity contribution in [3.8, 4) is 11.8 Å². The average Bonchev–Trinajstić information content (AvgIpc) is 2.74. The van der Waals surface area contributed by atoms with Crippen molar-refractivity contribution in [3.05, 3.63) is 21.9 Å². The van der Waals surface area contributed by atoms with Crippen molar-refractivity contribution in [1.29, 1.82) is 0 Å². The Balaban J connectivity index is 2.59. The summed E-state index contributed by atoms with van der Waals surface area (Å²) < 4.78 is 0. The van der Waals surface area contributed by atoms with E-state index in [1.807, 2.05) is 19.2 Å². The first-order chi connectivity index (χ1) is 8.94. The molecule has 2 N–H and O–H groups in total. The monoisotopic (exact) mass is 281 g/mol. The van der Waals surface area contributed by atoms with Gasteiger partial charge in [0.1, 0.15) is 0 Å². The average molecular weight is 281 g/mol. The molecule has 0 fully saturated rings. The Hall–Kier alpha value is -0.860. The quantitative estimate of drug-likeness (QED) is 0.785. The predicted octanol–water partition coefficient (Wildman–Crippen LogP) is 2.07. The van der Waals surface area contributed by atoms with Gasteiger partial charge in [-0.1, -0.05) is 18.8 Å². The highest BCUT2D eigenvalue weighted by molar-refractivity contribution is 7.10. The van der Waals surface area contributed by atoms with E-state index >= 15 is 0 Å². The summed E-state index contributed by atoms with van der Waals surface area (Å²) in [4.78, 5) is 3.47. The maximum Gasteiger partial charge on any atom is 0.0718 e.